The highest BCUT2D eigenvalue weighted by atomic mass is 14.8. The number of benzene rings is 8. The Morgan fingerprint density at radius 3 is 1.68 bits per heavy atom. The minimum Gasteiger partial charge on any atom is -0.248 e. The highest BCUT2D eigenvalue weighted by molar-refractivity contribution is 6.28. The summed E-state index contributed by atoms with van der Waals surface area (Å²) in [6.07, 6.45) is 0. The Labute approximate surface area is 253 Å². The lowest BCUT2D eigenvalue weighted by atomic mass is 9.85. The van der Waals surface area contributed by atoms with Crippen molar-refractivity contribution in [2.24, 2.45) is 9.98 Å². The molecule has 44 heavy (non-hydrogen) atoms. The molecule has 2 aliphatic rings. The van der Waals surface area contributed by atoms with E-state index in [0.29, 0.717) is 0 Å². The van der Waals surface area contributed by atoms with Crippen LogP contribution in [-0.2, 0) is 0 Å². The molecule has 0 bridgehead atoms. The first-order valence-corrected chi connectivity index (χ1v) is 15.1. The van der Waals surface area contributed by atoms with Crippen molar-refractivity contribution in [2.45, 2.75) is 0 Å². The van der Waals surface area contributed by atoms with Gasteiger partial charge in [0, 0.05) is 21.6 Å². The van der Waals surface area contributed by atoms with E-state index < -0.39 is 0 Å². The van der Waals surface area contributed by atoms with Gasteiger partial charge in [0.15, 0.2) is 0 Å². The molecule has 0 amide bonds. The van der Waals surface area contributed by atoms with Gasteiger partial charge in [-0.25, -0.2) is 9.98 Å². The van der Waals surface area contributed by atoms with Crippen molar-refractivity contribution in [3.05, 3.63) is 167 Å². The maximum Gasteiger partial charge on any atom is 0.0817 e. The Balaban J connectivity index is 1.29. The van der Waals surface area contributed by atoms with E-state index in [2.05, 4.69) is 146 Å². The van der Waals surface area contributed by atoms with E-state index in [-0.39, 0.29) is 0 Å². The van der Waals surface area contributed by atoms with Crippen LogP contribution in [0.5, 0.6) is 0 Å². The van der Waals surface area contributed by atoms with Gasteiger partial charge in [0.25, 0.3) is 0 Å². The monoisotopic (exact) mass is 556 g/mol. The molecule has 8 aromatic rings. The number of para-hydroxylation sites is 1. The molecule has 0 spiro atoms. The molecule has 0 radical (unpaired) electrons. The molecule has 0 saturated carbocycles. The van der Waals surface area contributed by atoms with Crippen molar-refractivity contribution in [1.82, 2.24) is 0 Å². The number of hydrogen-bond acceptors (Lipinski definition) is 2. The van der Waals surface area contributed by atoms with Crippen molar-refractivity contribution in [3.63, 3.8) is 0 Å². The molecule has 8 aromatic carbocycles. The number of nitrogens with zero attached hydrogens (tertiary/aromatic N) is 2. The second-order valence-electron chi connectivity index (χ2n) is 11.7. The average Bonchev–Trinajstić information content (AvgIpc) is 3.67. The second kappa shape index (κ2) is 8.82. The topological polar surface area (TPSA) is 24.7 Å². The van der Waals surface area contributed by atoms with Gasteiger partial charge in [-0.2, -0.15) is 0 Å². The number of hydrogen-bond donors (Lipinski definition) is 0. The number of rotatable bonds is 2. The minimum atomic E-state index is 0.989. The Hall–Kier alpha value is -5.86. The van der Waals surface area contributed by atoms with Crippen LogP contribution in [0, 0.1) is 10.4 Å². The third-order valence-corrected chi connectivity index (χ3v) is 9.39. The van der Waals surface area contributed by atoms with Crippen LogP contribution in [0.4, 0.5) is 11.4 Å². The van der Waals surface area contributed by atoms with Gasteiger partial charge >= 0.3 is 0 Å². The van der Waals surface area contributed by atoms with Gasteiger partial charge in [0.2, 0.25) is 0 Å². The largest absolute Gasteiger partial charge is 0.248 e. The van der Waals surface area contributed by atoms with E-state index in [1.54, 1.807) is 0 Å². The molecule has 2 heterocycles. The summed E-state index contributed by atoms with van der Waals surface area (Å²) in [6, 6.07) is 52.5. The van der Waals surface area contributed by atoms with Gasteiger partial charge in [0.1, 0.15) is 0 Å². The lowest BCUT2D eigenvalue weighted by Gasteiger charge is -2.18. The maximum atomic E-state index is 5.15. The molecule has 202 valence electrons. The van der Waals surface area contributed by atoms with Crippen LogP contribution in [0.2, 0.25) is 0 Å². The Bertz CT molecular complexity index is 2730. The van der Waals surface area contributed by atoms with Gasteiger partial charge in [-0.1, -0.05) is 121 Å². The normalized spacial score (nSPS) is 12.5. The third-order valence-electron chi connectivity index (χ3n) is 9.39. The van der Waals surface area contributed by atoms with Crippen LogP contribution in [0.1, 0.15) is 0 Å². The highest BCUT2D eigenvalue weighted by Gasteiger charge is 2.25. The quantitative estimate of drug-likeness (QED) is 0.189. The zero-order chi connectivity index (χ0) is 28.8. The average molecular weight is 557 g/mol. The van der Waals surface area contributed by atoms with Gasteiger partial charge in [-0.3, -0.25) is 0 Å². The maximum absolute atomic E-state index is 5.15. The minimum absolute atomic E-state index is 0.989. The van der Waals surface area contributed by atoms with Crippen molar-refractivity contribution < 1.29 is 0 Å². The molecule has 2 heteroatoms. The molecule has 10 rings (SSSR count). The van der Waals surface area contributed by atoms with Gasteiger partial charge in [-0.15, -0.1) is 0 Å². The summed E-state index contributed by atoms with van der Waals surface area (Å²) in [5.41, 5.74) is 9.16. The molecule has 2 nitrogen and oxygen atoms in total. The molecule has 0 N–H and O–H groups in total. The van der Waals surface area contributed by atoms with E-state index >= 15 is 0 Å². The summed E-state index contributed by atoms with van der Waals surface area (Å²) >= 11 is 0. The third kappa shape index (κ3) is 3.14. The standard InChI is InChI=1S/C42H24N2/c1-2-12-27-25(11-1)26-13-5-6-17-31(26)39-32(27)18-9-19-33(39)28-14-3-4-15-29(28)34-20-10-22-37-40(34)41-38(43-37)24-23-35-30-16-7-8-21-36(30)44-42(35)41/h1-24H. The van der Waals surface area contributed by atoms with Gasteiger partial charge in [-0.05, 0) is 78.8 Å². The fourth-order valence-corrected chi connectivity index (χ4v) is 7.56. The Kier molecular flexibility index (Phi) is 4.75. The van der Waals surface area contributed by atoms with Gasteiger partial charge in [0.05, 0.1) is 22.1 Å². The van der Waals surface area contributed by atoms with Crippen LogP contribution in [0.15, 0.2) is 156 Å². The van der Waals surface area contributed by atoms with Crippen molar-refractivity contribution in [3.8, 4) is 33.4 Å². The van der Waals surface area contributed by atoms with Crippen molar-refractivity contribution in [1.29, 1.82) is 0 Å². The zero-order valence-electron chi connectivity index (χ0n) is 23.8. The molecule has 0 fully saturated rings. The molecule has 0 unspecified atom stereocenters. The van der Waals surface area contributed by atoms with E-state index in [1.807, 2.05) is 0 Å². The molecular formula is C42H24N2. The molecule has 0 aromatic heterocycles. The highest BCUT2D eigenvalue weighted by Crippen LogP contribution is 2.48. The van der Waals surface area contributed by atoms with E-state index in [4.69, 9.17) is 9.98 Å². The van der Waals surface area contributed by atoms with E-state index in [1.165, 1.54) is 70.6 Å². The van der Waals surface area contributed by atoms with Crippen LogP contribution < -0.4 is 10.7 Å². The molecule has 0 saturated heterocycles. The fraction of sp³-hybridized carbons (Fsp3) is 0. The smallest absolute Gasteiger partial charge is 0.0817 e. The van der Waals surface area contributed by atoms with Crippen LogP contribution in [0.3, 0.4) is 0 Å². The Morgan fingerprint density at radius 2 is 0.886 bits per heavy atom. The van der Waals surface area contributed by atoms with Crippen molar-refractivity contribution in [2.75, 3.05) is 0 Å². The summed E-state index contributed by atoms with van der Waals surface area (Å²) in [7, 11) is 0. The molecule has 0 atom stereocenters. The first-order valence-electron chi connectivity index (χ1n) is 15.1. The van der Waals surface area contributed by atoms with E-state index in [9.17, 15) is 0 Å². The predicted octanol–water partition coefficient (Wildman–Crippen LogP) is 9.96. The number of fused-ring (bicyclic) bond motifs is 12. The summed E-state index contributed by atoms with van der Waals surface area (Å²) in [4.78, 5) is 10.3. The molecule has 2 aliphatic heterocycles. The molecular weight excluding hydrogens is 532 g/mol. The SMILES string of the molecule is c1ccc(-c2cccc3c4ccccc4c4ccccc4c23)c(-c2cccc3c2-c2c4c(ccc2=N3)=c2ccccc2=N4)c1. The summed E-state index contributed by atoms with van der Waals surface area (Å²) in [5.74, 6) is 0. The second-order valence-corrected chi connectivity index (χ2v) is 11.7. The first-order chi connectivity index (χ1) is 21.8. The Morgan fingerprint density at radius 1 is 0.318 bits per heavy atom. The predicted molar refractivity (Wildman–Crippen MR) is 181 cm³/mol. The van der Waals surface area contributed by atoms with Gasteiger partial charge < -0.3 is 0 Å². The van der Waals surface area contributed by atoms with Crippen LogP contribution >= 0.6 is 0 Å². The zero-order valence-corrected chi connectivity index (χ0v) is 23.8. The first kappa shape index (κ1) is 23.7. The lowest BCUT2D eigenvalue weighted by Crippen LogP contribution is -2.01. The van der Waals surface area contributed by atoms with Crippen molar-refractivity contribution >= 4 is 43.7 Å². The fourth-order valence-electron chi connectivity index (χ4n) is 7.56. The lowest BCUT2D eigenvalue weighted by molar-refractivity contribution is 1.36. The summed E-state index contributed by atoms with van der Waals surface area (Å²) < 4.78 is 0. The van der Waals surface area contributed by atoms with E-state index in [0.717, 1.165) is 27.7 Å². The molecule has 0 aliphatic carbocycles. The van der Waals surface area contributed by atoms with Crippen LogP contribution in [0.25, 0.3) is 65.7 Å². The van der Waals surface area contributed by atoms with Crippen LogP contribution in [-0.4, -0.2) is 0 Å². The summed E-state index contributed by atoms with van der Waals surface area (Å²) in [6.45, 7) is 0. The summed E-state index contributed by atoms with van der Waals surface area (Å²) in [5, 5.41) is 12.1.